The number of hydrogen-bond acceptors (Lipinski definition) is 3. The third kappa shape index (κ3) is 4.63. The first-order valence-electron chi connectivity index (χ1n) is 7.13. The zero-order valence-electron chi connectivity index (χ0n) is 13.1. The standard InChI is InChI=1S/C16H15F3N4O2/c1-20-12-8-4-2-6-10(12)14(24)22-23-15(25)21-13-9-5-3-7-11(13)16(17,18)19/h2-9,20H,1H3,(H,22,24)(H2,21,23,25). The maximum Gasteiger partial charge on any atom is 0.418 e. The molecule has 0 saturated heterocycles. The normalized spacial score (nSPS) is 10.7. The van der Waals surface area contributed by atoms with Gasteiger partial charge in [-0.05, 0) is 24.3 Å². The Morgan fingerprint density at radius 2 is 1.48 bits per heavy atom. The van der Waals surface area contributed by atoms with Crippen LogP contribution in [0.15, 0.2) is 48.5 Å². The van der Waals surface area contributed by atoms with Crippen molar-refractivity contribution in [3.8, 4) is 0 Å². The number of urea groups is 1. The molecule has 0 unspecified atom stereocenters. The molecule has 0 fully saturated rings. The Morgan fingerprint density at radius 3 is 2.12 bits per heavy atom. The van der Waals surface area contributed by atoms with Gasteiger partial charge in [-0.25, -0.2) is 10.2 Å². The van der Waals surface area contributed by atoms with Crippen LogP contribution in [0.3, 0.4) is 0 Å². The fraction of sp³-hybridized carbons (Fsp3) is 0.125. The molecule has 9 heteroatoms. The van der Waals surface area contributed by atoms with Crippen LogP contribution in [-0.2, 0) is 6.18 Å². The van der Waals surface area contributed by atoms with E-state index in [1.807, 2.05) is 5.43 Å². The molecule has 6 nitrogen and oxygen atoms in total. The molecule has 0 aliphatic carbocycles. The largest absolute Gasteiger partial charge is 0.418 e. The second-order valence-corrected chi connectivity index (χ2v) is 4.87. The summed E-state index contributed by atoms with van der Waals surface area (Å²) < 4.78 is 38.6. The minimum Gasteiger partial charge on any atom is -0.387 e. The molecular formula is C16H15F3N4O2. The van der Waals surface area contributed by atoms with E-state index < -0.39 is 29.4 Å². The van der Waals surface area contributed by atoms with Gasteiger partial charge in [0.1, 0.15) is 0 Å². The highest BCUT2D eigenvalue weighted by atomic mass is 19.4. The van der Waals surface area contributed by atoms with Crippen LogP contribution in [0.25, 0.3) is 0 Å². The number of halogens is 3. The highest BCUT2D eigenvalue weighted by Gasteiger charge is 2.33. The average Bonchev–Trinajstić information content (AvgIpc) is 2.59. The van der Waals surface area contributed by atoms with Crippen molar-refractivity contribution in [2.45, 2.75) is 6.18 Å². The van der Waals surface area contributed by atoms with E-state index in [2.05, 4.69) is 16.1 Å². The van der Waals surface area contributed by atoms with Gasteiger partial charge >= 0.3 is 12.2 Å². The minimum atomic E-state index is -4.61. The van der Waals surface area contributed by atoms with Gasteiger partial charge in [-0.3, -0.25) is 10.2 Å². The molecular weight excluding hydrogens is 337 g/mol. The van der Waals surface area contributed by atoms with Crippen molar-refractivity contribution < 1.29 is 22.8 Å². The number of nitrogens with one attached hydrogen (secondary N) is 4. The van der Waals surface area contributed by atoms with Crippen molar-refractivity contribution in [1.29, 1.82) is 0 Å². The van der Waals surface area contributed by atoms with Crippen LogP contribution in [0, 0.1) is 0 Å². The highest BCUT2D eigenvalue weighted by molar-refractivity contribution is 6.01. The number of hydrogen-bond donors (Lipinski definition) is 4. The molecule has 0 heterocycles. The van der Waals surface area contributed by atoms with Crippen LogP contribution >= 0.6 is 0 Å². The van der Waals surface area contributed by atoms with E-state index in [0.717, 1.165) is 12.1 Å². The van der Waals surface area contributed by atoms with Gasteiger partial charge in [0.05, 0.1) is 16.8 Å². The van der Waals surface area contributed by atoms with E-state index in [-0.39, 0.29) is 5.56 Å². The molecule has 2 aromatic carbocycles. The fourth-order valence-corrected chi connectivity index (χ4v) is 2.07. The molecule has 3 amide bonds. The summed E-state index contributed by atoms with van der Waals surface area (Å²) in [5.41, 5.74) is 3.53. The number of rotatable bonds is 3. The van der Waals surface area contributed by atoms with Gasteiger partial charge in [0.2, 0.25) is 0 Å². The van der Waals surface area contributed by atoms with E-state index in [9.17, 15) is 22.8 Å². The van der Waals surface area contributed by atoms with Gasteiger partial charge in [0, 0.05) is 12.7 Å². The molecule has 0 atom stereocenters. The fourth-order valence-electron chi connectivity index (χ4n) is 2.07. The molecule has 132 valence electrons. The van der Waals surface area contributed by atoms with Gasteiger partial charge < -0.3 is 10.6 Å². The lowest BCUT2D eigenvalue weighted by Crippen LogP contribution is -2.44. The molecule has 2 rings (SSSR count). The van der Waals surface area contributed by atoms with Gasteiger partial charge in [-0.1, -0.05) is 24.3 Å². The van der Waals surface area contributed by atoms with Gasteiger partial charge in [-0.2, -0.15) is 13.2 Å². The SMILES string of the molecule is CNc1ccccc1C(=O)NNC(=O)Nc1ccccc1C(F)(F)F. The summed E-state index contributed by atoms with van der Waals surface area (Å²) in [4.78, 5) is 23.8. The van der Waals surface area contributed by atoms with Crippen molar-refractivity contribution in [3.05, 3.63) is 59.7 Å². The lowest BCUT2D eigenvalue weighted by Gasteiger charge is -2.14. The van der Waals surface area contributed by atoms with Crippen LogP contribution in [0.2, 0.25) is 0 Å². The molecule has 2 aromatic rings. The Morgan fingerprint density at radius 1 is 0.880 bits per heavy atom. The Hall–Kier alpha value is -3.23. The Bertz CT molecular complexity index is 778. The van der Waals surface area contributed by atoms with Gasteiger partial charge in [0.15, 0.2) is 0 Å². The molecule has 0 bridgehead atoms. The summed E-state index contributed by atoms with van der Waals surface area (Å²) in [6, 6.07) is 10.1. The minimum absolute atomic E-state index is 0.265. The first-order valence-corrected chi connectivity index (χ1v) is 7.13. The van der Waals surface area contributed by atoms with E-state index in [1.165, 1.54) is 18.2 Å². The van der Waals surface area contributed by atoms with Crippen LogP contribution in [0.4, 0.5) is 29.3 Å². The van der Waals surface area contributed by atoms with Crippen LogP contribution < -0.4 is 21.5 Å². The molecule has 0 aromatic heterocycles. The first kappa shape index (κ1) is 18.1. The Kier molecular flexibility index (Phi) is 5.48. The summed E-state index contributed by atoms with van der Waals surface area (Å²) in [5.74, 6) is -0.621. The number of para-hydroxylation sites is 2. The quantitative estimate of drug-likeness (QED) is 0.640. The zero-order chi connectivity index (χ0) is 18.4. The van der Waals surface area contributed by atoms with Crippen LogP contribution in [0.5, 0.6) is 0 Å². The van der Waals surface area contributed by atoms with Crippen molar-refractivity contribution in [2.75, 3.05) is 17.7 Å². The number of anilines is 2. The lowest BCUT2D eigenvalue weighted by molar-refractivity contribution is -0.136. The molecule has 0 saturated carbocycles. The van der Waals surface area contributed by atoms with E-state index >= 15 is 0 Å². The Labute approximate surface area is 141 Å². The summed E-state index contributed by atoms with van der Waals surface area (Å²) in [5, 5.41) is 4.87. The van der Waals surface area contributed by atoms with Crippen molar-refractivity contribution in [2.24, 2.45) is 0 Å². The van der Waals surface area contributed by atoms with Crippen molar-refractivity contribution >= 4 is 23.3 Å². The summed E-state index contributed by atoms with van der Waals surface area (Å²) in [6.45, 7) is 0. The van der Waals surface area contributed by atoms with Crippen molar-refractivity contribution in [3.63, 3.8) is 0 Å². The lowest BCUT2D eigenvalue weighted by atomic mass is 10.1. The molecule has 0 radical (unpaired) electrons. The van der Waals surface area contributed by atoms with Crippen LogP contribution in [0.1, 0.15) is 15.9 Å². The second-order valence-electron chi connectivity index (χ2n) is 4.87. The summed E-state index contributed by atoms with van der Waals surface area (Å²) >= 11 is 0. The third-order valence-corrected chi connectivity index (χ3v) is 3.21. The molecule has 0 spiro atoms. The number of benzene rings is 2. The monoisotopic (exact) mass is 352 g/mol. The number of carbonyl (C=O) groups excluding carboxylic acids is 2. The van der Waals surface area contributed by atoms with E-state index in [4.69, 9.17) is 0 Å². The number of hydrazine groups is 1. The van der Waals surface area contributed by atoms with Gasteiger partial charge in [-0.15, -0.1) is 0 Å². The number of alkyl halides is 3. The molecule has 0 aliphatic rings. The van der Waals surface area contributed by atoms with E-state index in [0.29, 0.717) is 5.69 Å². The predicted octanol–water partition coefficient (Wildman–Crippen LogP) is 3.21. The average molecular weight is 352 g/mol. The van der Waals surface area contributed by atoms with Gasteiger partial charge in [0.25, 0.3) is 5.91 Å². The third-order valence-electron chi connectivity index (χ3n) is 3.21. The second kappa shape index (κ2) is 7.56. The van der Waals surface area contributed by atoms with Crippen LogP contribution in [-0.4, -0.2) is 19.0 Å². The summed E-state index contributed by atoms with van der Waals surface area (Å²) in [6.07, 6.45) is -4.61. The molecule has 4 N–H and O–H groups in total. The molecule has 0 aliphatic heterocycles. The predicted molar refractivity (Wildman–Crippen MR) is 87.1 cm³/mol. The van der Waals surface area contributed by atoms with E-state index in [1.54, 1.807) is 25.2 Å². The topological polar surface area (TPSA) is 82.3 Å². The maximum absolute atomic E-state index is 12.9. The Balaban J connectivity index is 2.01. The maximum atomic E-state index is 12.9. The molecule has 25 heavy (non-hydrogen) atoms. The number of amides is 3. The smallest absolute Gasteiger partial charge is 0.387 e. The number of carbonyl (C=O) groups is 2. The first-order chi connectivity index (χ1) is 11.8. The summed E-state index contributed by atoms with van der Waals surface area (Å²) in [7, 11) is 1.63. The highest BCUT2D eigenvalue weighted by Crippen LogP contribution is 2.34. The zero-order valence-corrected chi connectivity index (χ0v) is 13.1. The van der Waals surface area contributed by atoms with Crippen molar-refractivity contribution in [1.82, 2.24) is 10.9 Å².